The van der Waals surface area contributed by atoms with Crippen LogP contribution in [0, 0.1) is 12.8 Å². The standard InChI is InChI=1S/C26H29N3O5S/c1-17-6-7-22-20(14-17)21(25(30)18-8-10-28(11-9-18)26(31)32)15-24(27-22)29-12-13-35(33,34)23-5-3-2-4-19(23)16-29/h2-7,14-15,18,25,30H,8-13,16H2,1H3,(H,31,32). The summed E-state index contributed by atoms with van der Waals surface area (Å²) in [6.07, 6.45) is -0.553. The number of piperidine rings is 1. The lowest BCUT2D eigenvalue weighted by Crippen LogP contribution is -2.38. The Bertz CT molecular complexity index is 1380. The van der Waals surface area contributed by atoms with Crippen LogP contribution in [0.5, 0.6) is 0 Å². The van der Waals surface area contributed by atoms with Gasteiger partial charge in [0, 0.05) is 31.6 Å². The first-order chi connectivity index (χ1) is 16.7. The zero-order valence-corrected chi connectivity index (χ0v) is 20.4. The first-order valence-corrected chi connectivity index (χ1v) is 13.5. The molecule has 0 bridgehead atoms. The topological polar surface area (TPSA) is 111 Å². The van der Waals surface area contributed by atoms with Crippen LogP contribution >= 0.6 is 0 Å². The molecule has 2 N–H and O–H groups in total. The number of fused-ring (bicyclic) bond motifs is 2. The molecule has 1 aromatic heterocycles. The van der Waals surface area contributed by atoms with Crippen LogP contribution in [-0.2, 0) is 16.4 Å². The summed E-state index contributed by atoms with van der Waals surface area (Å²) in [5.41, 5.74) is 3.28. The number of anilines is 1. The summed E-state index contributed by atoms with van der Waals surface area (Å²) in [5.74, 6) is 0.545. The van der Waals surface area contributed by atoms with E-state index in [1.54, 1.807) is 12.1 Å². The predicted molar refractivity (Wildman–Crippen MR) is 133 cm³/mol. The van der Waals surface area contributed by atoms with Crippen molar-refractivity contribution in [1.29, 1.82) is 0 Å². The Balaban J connectivity index is 1.53. The largest absolute Gasteiger partial charge is 0.465 e. The van der Waals surface area contributed by atoms with Gasteiger partial charge in [0.15, 0.2) is 9.84 Å². The fourth-order valence-electron chi connectivity index (χ4n) is 5.18. The second-order valence-corrected chi connectivity index (χ2v) is 11.6. The predicted octanol–water partition coefficient (Wildman–Crippen LogP) is 3.76. The average Bonchev–Trinajstić information content (AvgIpc) is 2.99. The maximum Gasteiger partial charge on any atom is 0.407 e. The Morgan fingerprint density at radius 1 is 1.09 bits per heavy atom. The fourth-order valence-corrected chi connectivity index (χ4v) is 6.68. The molecule has 0 radical (unpaired) electrons. The van der Waals surface area contributed by atoms with Gasteiger partial charge in [0.1, 0.15) is 5.82 Å². The smallest absolute Gasteiger partial charge is 0.407 e. The van der Waals surface area contributed by atoms with E-state index in [0.717, 1.165) is 27.6 Å². The molecule has 2 aliphatic rings. The van der Waals surface area contributed by atoms with E-state index in [-0.39, 0.29) is 11.7 Å². The van der Waals surface area contributed by atoms with Crippen LogP contribution in [0.1, 0.15) is 35.6 Å². The number of rotatable bonds is 3. The lowest BCUT2D eigenvalue weighted by molar-refractivity contribution is 0.0583. The molecule has 0 aliphatic carbocycles. The number of nitrogens with zero attached hydrogens (tertiary/aromatic N) is 3. The third-order valence-electron chi connectivity index (χ3n) is 7.18. The van der Waals surface area contributed by atoms with Crippen molar-refractivity contribution in [3.8, 4) is 0 Å². The van der Waals surface area contributed by atoms with Gasteiger partial charge in [-0.25, -0.2) is 18.2 Å². The summed E-state index contributed by atoms with van der Waals surface area (Å²) < 4.78 is 25.7. The van der Waals surface area contributed by atoms with E-state index in [0.29, 0.717) is 49.7 Å². The minimum atomic E-state index is -3.39. The van der Waals surface area contributed by atoms with Gasteiger partial charge in [-0.2, -0.15) is 0 Å². The summed E-state index contributed by atoms with van der Waals surface area (Å²) in [4.78, 5) is 19.9. The van der Waals surface area contributed by atoms with Gasteiger partial charge < -0.3 is 20.0 Å². The Kier molecular flexibility index (Phi) is 6.14. The number of likely N-dealkylation sites (tertiary alicyclic amines) is 1. The molecular weight excluding hydrogens is 466 g/mol. The maximum absolute atomic E-state index is 12.8. The van der Waals surface area contributed by atoms with E-state index in [9.17, 15) is 23.4 Å². The number of hydrogen-bond donors (Lipinski definition) is 2. The van der Waals surface area contributed by atoms with Crippen LogP contribution in [0.3, 0.4) is 0 Å². The molecule has 2 aliphatic heterocycles. The molecular formula is C26H29N3O5S. The van der Waals surface area contributed by atoms with E-state index in [1.165, 1.54) is 4.90 Å². The Morgan fingerprint density at radius 3 is 2.57 bits per heavy atom. The van der Waals surface area contributed by atoms with E-state index in [2.05, 4.69) is 0 Å². The first kappa shape index (κ1) is 23.6. The number of amides is 1. The minimum absolute atomic E-state index is 0.0108. The van der Waals surface area contributed by atoms with Crippen molar-refractivity contribution in [2.75, 3.05) is 30.3 Å². The molecule has 1 fully saturated rings. The molecule has 3 aromatic rings. The van der Waals surface area contributed by atoms with Crippen molar-refractivity contribution in [3.63, 3.8) is 0 Å². The van der Waals surface area contributed by atoms with Crippen molar-refractivity contribution >= 4 is 32.7 Å². The molecule has 1 unspecified atom stereocenters. The third-order valence-corrected chi connectivity index (χ3v) is 8.97. The van der Waals surface area contributed by atoms with Gasteiger partial charge in [-0.1, -0.05) is 29.8 Å². The molecule has 0 spiro atoms. The molecule has 35 heavy (non-hydrogen) atoms. The molecule has 8 nitrogen and oxygen atoms in total. The van der Waals surface area contributed by atoms with Gasteiger partial charge in [0.05, 0.1) is 22.3 Å². The van der Waals surface area contributed by atoms with E-state index in [4.69, 9.17) is 4.98 Å². The molecule has 0 saturated carbocycles. The van der Waals surface area contributed by atoms with Gasteiger partial charge in [-0.15, -0.1) is 0 Å². The highest BCUT2D eigenvalue weighted by molar-refractivity contribution is 7.91. The van der Waals surface area contributed by atoms with Crippen LogP contribution in [-0.4, -0.2) is 60.0 Å². The zero-order chi connectivity index (χ0) is 24.7. The molecule has 5 rings (SSSR count). The monoisotopic (exact) mass is 495 g/mol. The van der Waals surface area contributed by atoms with E-state index >= 15 is 0 Å². The summed E-state index contributed by atoms with van der Waals surface area (Å²) >= 11 is 0. The minimum Gasteiger partial charge on any atom is -0.465 e. The molecule has 184 valence electrons. The third kappa shape index (κ3) is 4.58. The molecule has 3 heterocycles. The van der Waals surface area contributed by atoms with Crippen LogP contribution in [0.4, 0.5) is 10.6 Å². The molecule has 1 atom stereocenters. The highest BCUT2D eigenvalue weighted by Crippen LogP contribution is 2.37. The van der Waals surface area contributed by atoms with Gasteiger partial charge in [0.25, 0.3) is 0 Å². The van der Waals surface area contributed by atoms with Crippen LogP contribution in [0.25, 0.3) is 10.9 Å². The SMILES string of the molecule is Cc1ccc2nc(N3CCS(=O)(=O)c4ccccc4C3)cc(C(O)C3CCN(C(=O)O)CC3)c2c1. The van der Waals surface area contributed by atoms with E-state index < -0.39 is 22.0 Å². The van der Waals surface area contributed by atoms with Gasteiger partial charge in [0.2, 0.25) is 0 Å². The summed E-state index contributed by atoms with van der Waals surface area (Å²) in [5, 5.41) is 21.6. The number of hydrogen-bond acceptors (Lipinski definition) is 6. The second-order valence-electron chi connectivity index (χ2n) is 9.49. The number of aliphatic hydroxyl groups is 1. The van der Waals surface area contributed by atoms with Crippen LogP contribution < -0.4 is 4.90 Å². The number of aromatic nitrogens is 1. The summed E-state index contributed by atoms with van der Waals surface area (Å²) in [6, 6.07) is 14.9. The van der Waals surface area contributed by atoms with Gasteiger partial charge >= 0.3 is 6.09 Å². The van der Waals surface area contributed by atoms with Crippen molar-refractivity contribution < 1.29 is 23.4 Å². The number of pyridine rings is 1. The summed E-state index contributed by atoms with van der Waals surface area (Å²) in [6.45, 7) is 3.49. The molecule has 2 aromatic carbocycles. The number of aliphatic hydroxyl groups excluding tert-OH is 1. The Labute approximate surface area is 204 Å². The number of carboxylic acid groups (broad SMARTS) is 1. The molecule has 1 amide bonds. The first-order valence-electron chi connectivity index (χ1n) is 11.9. The zero-order valence-electron chi connectivity index (χ0n) is 19.6. The lowest BCUT2D eigenvalue weighted by Gasteiger charge is -2.33. The van der Waals surface area contributed by atoms with E-state index in [1.807, 2.05) is 48.2 Å². The maximum atomic E-state index is 12.8. The number of sulfone groups is 1. The highest BCUT2D eigenvalue weighted by Gasteiger charge is 2.31. The van der Waals surface area contributed by atoms with Crippen molar-refractivity contribution in [2.24, 2.45) is 5.92 Å². The van der Waals surface area contributed by atoms with Crippen molar-refractivity contribution in [3.05, 3.63) is 65.2 Å². The summed E-state index contributed by atoms with van der Waals surface area (Å²) in [7, 11) is -3.39. The van der Waals surface area contributed by atoms with Crippen molar-refractivity contribution in [2.45, 2.75) is 37.3 Å². The Morgan fingerprint density at radius 2 is 1.83 bits per heavy atom. The number of benzene rings is 2. The van der Waals surface area contributed by atoms with Gasteiger partial charge in [-0.05, 0) is 61.1 Å². The average molecular weight is 496 g/mol. The normalized spacial score (nSPS) is 19.3. The molecule has 1 saturated heterocycles. The van der Waals surface area contributed by atoms with Gasteiger partial charge in [-0.3, -0.25) is 0 Å². The van der Waals surface area contributed by atoms with Crippen LogP contribution in [0.2, 0.25) is 0 Å². The molecule has 9 heteroatoms. The Hall–Kier alpha value is -3.17. The fraction of sp³-hybridized carbons (Fsp3) is 0.385. The van der Waals surface area contributed by atoms with Crippen molar-refractivity contribution in [1.82, 2.24) is 9.88 Å². The quantitative estimate of drug-likeness (QED) is 0.569. The van der Waals surface area contributed by atoms with Crippen LogP contribution in [0.15, 0.2) is 53.4 Å². The lowest BCUT2D eigenvalue weighted by atomic mass is 9.86. The number of carbonyl (C=O) groups is 1. The highest BCUT2D eigenvalue weighted by atomic mass is 32.2. The second kappa shape index (κ2) is 9.13. The number of aryl methyl sites for hydroxylation is 1.